The van der Waals surface area contributed by atoms with Crippen LogP contribution in [-0.4, -0.2) is 18.9 Å². The van der Waals surface area contributed by atoms with Gasteiger partial charge in [-0.25, -0.2) is 0 Å². The minimum absolute atomic E-state index is 0.0833. The SMILES string of the molecule is CC1(C(=O)CCc2ccccc2)CCNCC1. The van der Waals surface area contributed by atoms with Crippen molar-refractivity contribution >= 4 is 5.78 Å². The van der Waals surface area contributed by atoms with E-state index in [2.05, 4.69) is 24.4 Å². The Morgan fingerprint density at radius 1 is 1.24 bits per heavy atom. The zero-order chi connectivity index (χ0) is 12.1. The number of piperidine rings is 1. The van der Waals surface area contributed by atoms with Crippen molar-refractivity contribution in [3.05, 3.63) is 35.9 Å². The van der Waals surface area contributed by atoms with Gasteiger partial charge in [0.25, 0.3) is 0 Å². The third-order valence-corrected chi connectivity index (χ3v) is 3.86. The molecule has 1 aliphatic heterocycles. The first-order valence-electron chi connectivity index (χ1n) is 6.49. The zero-order valence-corrected chi connectivity index (χ0v) is 10.5. The molecule has 0 saturated carbocycles. The highest BCUT2D eigenvalue weighted by atomic mass is 16.1. The average Bonchev–Trinajstić information content (AvgIpc) is 2.38. The van der Waals surface area contributed by atoms with Crippen molar-refractivity contribution in [1.82, 2.24) is 5.32 Å². The molecule has 1 aromatic rings. The summed E-state index contributed by atoms with van der Waals surface area (Å²) in [4.78, 5) is 12.3. The molecule has 0 unspecified atom stereocenters. The van der Waals surface area contributed by atoms with Crippen LogP contribution in [0, 0.1) is 5.41 Å². The Balaban J connectivity index is 1.88. The molecule has 17 heavy (non-hydrogen) atoms. The quantitative estimate of drug-likeness (QED) is 0.863. The summed E-state index contributed by atoms with van der Waals surface area (Å²) in [5, 5.41) is 3.32. The average molecular weight is 231 g/mol. The van der Waals surface area contributed by atoms with Crippen LogP contribution in [0.25, 0.3) is 0 Å². The zero-order valence-electron chi connectivity index (χ0n) is 10.5. The number of benzene rings is 1. The van der Waals surface area contributed by atoms with Crippen LogP contribution in [0.4, 0.5) is 0 Å². The molecule has 1 N–H and O–H groups in total. The van der Waals surface area contributed by atoms with E-state index in [1.807, 2.05) is 18.2 Å². The van der Waals surface area contributed by atoms with Crippen molar-refractivity contribution in [2.45, 2.75) is 32.6 Å². The summed E-state index contributed by atoms with van der Waals surface area (Å²) < 4.78 is 0. The maximum Gasteiger partial charge on any atom is 0.139 e. The maximum atomic E-state index is 12.3. The van der Waals surface area contributed by atoms with Crippen LogP contribution in [0.15, 0.2) is 30.3 Å². The molecule has 2 rings (SSSR count). The van der Waals surface area contributed by atoms with Crippen molar-refractivity contribution in [3.63, 3.8) is 0 Å². The Hall–Kier alpha value is -1.15. The first-order chi connectivity index (χ1) is 8.21. The molecule has 0 atom stereocenters. The van der Waals surface area contributed by atoms with Gasteiger partial charge in [0, 0.05) is 11.8 Å². The lowest BCUT2D eigenvalue weighted by Gasteiger charge is -2.32. The van der Waals surface area contributed by atoms with E-state index >= 15 is 0 Å². The fourth-order valence-corrected chi connectivity index (χ4v) is 2.46. The molecule has 1 saturated heterocycles. The van der Waals surface area contributed by atoms with E-state index in [1.54, 1.807) is 0 Å². The molecule has 0 radical (unpaired) electrons. The molecule has 0 amide bonds. The monoisotopic (exact) mass is 231 g/mol. The van der Waals surface area contributed by atoms with Gasteiger partial charge >= 0.3 is 0 Å². The van der Waals surface area contributed by atoms with Crippen molar-refractivity contribution < 1.29 is 4.79 Å². The van der Waals surface area contributed by atoms with Crippen LogP contribution < -0.4 is 5.32 Å². The lowest BCUT2D eigenvalue weighted by molar-refractivity contribution is -0.129. The highest BCUT2D eigenvalue weighted by Crippen LogP contribution is 2.30. The Kier molecular flexibility index (Phi) is 3.95. The minimum Gasteiger partial charge on any atom is -0.317 e. The van der Waals surface area contributed by atoms with E-state index in [-0.39, 0.29) is 5.41 Å². The summed E-state index contributed by atoms with van der Waals surface area (Å²) in [5.74, 6) is 0.433. The van der Waals surface area contributed by atoms with Gasteiger partial charge in [-0.3, -0.25) is 4.79 Å². The predicted octanol–water partition coefficient (Wildman–Crippen LogP) is 2.58. The number of ketones is 1. The Morgan fingerprint density at radius 3 is 2.53 bits per heavy atom. The summed E-state index contributed by atoms with van der Waals surface area (Å²) in [6.45, 7) is 4.09. The van der Waals surface area contributed by atoms with E-state index in [0.717, 1.165) is 32.4 Å². The molecule has 1 aliphatic rings. The first-order valence-corrected chi connectivity index (χ1v) is 6.49. The van der Waals surface area contributed by atoms with Crippen LogP contribution in [0.2, 0.25) is 0 Å². The number of carbonyl (C=O) groups excluding carboxylic acids is 1. The van der Waals surface area contributed by atoms with Gasteiger partial charge in [-0.2, -0.15) is 0 Å². The van der Waals surface area contributed by atoms with Crippen molar-refractivity contribution in [2.24, 2.45) is 5.41 Å². The van der Waals surface area contributed by atoms with Gasteiger partial charge in [-0.1, -0.05) is 37.3 Å². The molecule has 92 valence electrons. The Labute approximate surface area is 103 Å². The van der Waals surface area contributed by atoms with Gasteiger partial charge in [0.05, 0.1) is 0 Å². The van der Waals surface area contributed by atoms with Crippen LogP contribution in [0.5, 0.6) is 0 Å². The highest BCUT2D eigenvalue weighted by molar-refractivity contribution is 5.84. The molecule has 0 aliphatic carbocycles. The summed E-state index contributed by atoms with van der Waals surface area (Å²) in [7, 11) is 0. The highest BCUT2D eigenvalue weighted by Gasteiger charge is 2.33. The summed E-state index contributed by atoms with van der Waals surface area (Å²) in [5.41, 5.74) is 1.18. The third-order valence-electron chi connectivity index (χ3n) is 3.86. The molecule has 0 spiro atoms. The van der Waals surface area contributed by atoms with E-state index in [4.69, 9.17) is 0 Å². The van der Waals surface area contributed by atoms with E-state index < -0.39 is 0 Å². The molecular weight excluding hydrogens is 210 g/mol. The van der Waals surface area contributed by atoms with E-state index in [9.17, 15) is 4.79 Å². The molecule has 2 nitrogen and oxygen atoms in total. The number of hydrogen-bond acceptors (Lipinski definition) is 2. The maximum absolute atomic E-state index is 12.3. The molecule has 1 heterocycles. The second-order valence-corrected chi connectivity index (χ2v) is 5.22. The second-order valence-electron chi connectivity index (χ2n) is 5.22. The largest absolute Gasteiger partial charge is 0.317 e. The number of carbonyl (C=O) groups is 1. The lowest BCUT2D eigenvalue weighted by atomic mass is 9.75. The van der Waals surface area contributed by atoms with Crippen LogP contribution in [0.3, 0.4) is 0 Å². The number of rotatable bonds is 4. The Morgan fingerprint density at radius 2 is 1.88 bits per heavy atom. The van der Waals surface area contributed by atoms with Gasteiger partial charge in [0.1, 0.15) is 5.78 Å². The molecule has 2 heteroatoms. The third kappa shape index (κ3) is 3.16. The van der Waals surface area contributed by atoms with Crippen molar-refractivity contribution in [1.29, 1.82) is 0 Å². The molecule has 0 bridgehead atoms. The number of Topliss-reactive ketones (excluding diaryl/α,β-unsaturated/α-hetero) is 1. The van der Waals surface area contributed by atoms with Gasteiger partial charge in [-0.15, -0.1) is 0 Å². The molecule has 1 aromatic carbocycles. The van der Waals surface area contributed by atoms with Crippen molar-refractivity contribution in [3.8, 4) is 0 Å². The first kappa shape index (κ1) is 12.3. The topological polar surface area (TPSA) is 29.1 Å². The fourth-order valence-electron chi connectivity index (χ4n) is 2.46. The van der Waals surface area contributed by atoms with Gasteiger partial charge in [0.15, 0.2) is 0 Å². The second kappa shape index (κ2) is 5.46. The minimum atomic E-state index is -0.0833. The number of aryl methyl sites for hydroxylation is 1. The Bertz CT molecular complexity index is 366. The number of hydrogen-bond donors (Lipinski definition) is 1. The summed E-state index contributed by atoms with van der Waals surface area (Å²) in [6, 6.07) is 10.3. The van der Waals surface area contributed by atoms with Crippen LogP contribution in [0.1, 0.15) is 31.7 Å². The standard InChI is InChI=1S/C15H21NO/c1-15(9-11-16-12-10-15)14(17)8-7-13-5-3-2-4-6-13/h2-6,16H,7-12H2,1H3. The van der Waals surface area contributed by atoms with Gasteiger partial charge in [-0.05, 0) is 37.9 Å². The lowest BCUT2D eigenvalue weighted by Crippen LogP contribution is -2.40. The van der Waals surface area contributed by atoms with Crippen molar-refractivity contribution in [2.75, 3.05) is 13.1 Å². The van der Waals surface area contributed by atoms with E-state index in [0.29, 0.717) is 12.2 Å². The van der Waals surface area contributed by atoms with Gasteiger partial charge in [0.2, 0.25) is 0 Å². The smallest absolute Gasteiger partial charge is 0.139 e. The molecular formula is C15H21NO. The van der Waals surface area contributed by atoms with Crippen LogP contribution >= 0.6 is 0 Å². The van der Waals surface area contributed by atoms with Crippen LogP contribution in [-0.2, 0) is 11.2 Å². The van der Waals surface area contributed by atoms with E-state index in [1.165, 1.54) is 5.56 Å². The molecule has 1 fully saturated rings. The molecule has 0 aromatic heterocycles. The van der Waals surface area contributed by atoms with Gasteiger partial charge < -0.3 is 5.32 Å². The summed E-state index contributed by atoms with van der Waals surface area (Å²) >= 11 is 0. The normalized spacial score (nSPS) is 18.9. The summed E-state index contributed by atoms with van der Waals surface area (Å²) in [6.07, 6.45) is 3.53. The fraction of sp³-hybridized carbons (Fsp3) is 0.533. The number of nitrogens with one attached hydrogen (secondary N) is 1. The predicted molar refractivity (Wildman–Crippen MR) is 70.0 cm³/mol.